The largest absolute Gasteiger partial charge is 0.393 e. The molecule has 2 aliphatic rings. The lowest BCUT2D eigenvalue weighted by Crippen LogP contribution is -2.53. The molecule has 1 heterocycles. The fourth-order valence-electron chi connectivity index (χ4n) is 4.20. The number of aliphatic hydroxyl groups is 2. The lowest BCUT2D eigenvalue weighted by Gasteiger charge is -2.33. The molecule has 3 rings (SSSR count). The molecule has 3 atom stereocenters. The highest BCUT2D eigenvalue weighted by Gasteiger charge is 2.35. The summed E-state index contributed by atoms with van der Waals surface area (Å²) in [6.07, 6.45) is 10.8. The van der Waals surface area contributed by atoms with E-state index in [1.807, 2.05) is 6.20 Å². The van der Waals surface area contributed by atoms with Crippen LogP contribution in [0.25, 0.3) is 0 Å². The van der Waals surface area contributed by atoms with E-state index >= 15 is 0 Å². The Kier molecular flexibility index (Phi) is 5.81. The van der Waals surface area contributed by atoms with Gasteiger partial charge < -0.3 is 15.9 Å². The molecule has 25 heavy (non-hydrogen) atoms. The van der Waals surface area contributed by atoms with Gasteiger partial charge >= 0.3 is 0 Å². The van der Waals surface area contributed by atoms with Gasteiger partial charge in [-0.25, -0.2) is 0 Å². The minimum Gasteiger partial charge on any atom is -0.393 e. The first-order chi connectivity index (χ1) is 11.9. The predicted molar refractivity (Wildman–Crippen MR) is 100 cm³/mol. The van der Waals surface area contributed by atoms with Crippen LogP contribution in [-0.2, 0) is 12.8 Å². The quantitative estimate of drug-likeness (QED) is 0.642. The normalized spacial score (nSPS) is 23.5. The molecule has 4 N–H and O–H groups in total. The highest BCUT2D eigenvalue weighted by molar-refractivity contribution is 5.35. The molecule has 0 spiro atoms. The van der Waals surface area contributed by atoms with E-state index in [2.05, 4.69) is 24.9 Å². The second-order valence-electron chi connectivity index (χ2n) is 8.81. The van der Waals surface area contributed by atoms with Crippen molar-refractivity contribution >= 4 is 0 Å². The van der Waals surface area contributed by atoms with E-state index in [4.69, 9.17) is 5.73 Å². The van der Waals surface area contributed by atoms with Crippen molar-refractivity contribution in [2.75, 3.05) is 6.61 Å². The van der Waals surface area contributed by atoms with Gasteiger partial charge in [0.15, 0.2) is 0 Å². The zero-order valence-corrected chi connectivity index (χ0v) is 15.7. The summed E-state index contributed by atoms with van der Waals surface area (Å²) in [6.45, 7) is 3.83. The predicted octanol–water partition coefficient (Wildman–Crippen LogP) is 2.94. The molecule has 140 valence electrons. The molecule has 0 aliphatic heterocycles. The summed E-state index contributed by atoms with van der Waals surface area (Å²) in [5.41, 5.74) is 8.54. The molecule has 2 aliphatic carbocycles. The topological polar surface area (TPSA) is 79.4 Å². The minimum atomic E-state index is -1.30. The number of rotatable bonds is 9. The zero-order chi connectivity index (χ0) is 18.0. The van der Waals surface area contributed by atoms with E-state index in [1.165, 1.54) is 43.2 Å². The molecule has 2 unspecified atom stereocenters. The molecule has 1 aromatic heterocycles. The Morgan fingerprint density at radius 1 is 1.28 bits per heavy atom. The smallest absolute Gasteiger partial charge is 0.108 e. The van der Waals surface area contributed by atoms with Crippen LogP contribution in [0.4, 0.5) is 0 Å². The number of aliphatic hydroxyl groups excluding tert-OH is 1. The Morgan fingerprint density at radius 3 is 2.68 bits per heavy atom. The van der Waals surface area contributed by atoms with E-state index in [-0.39, 0.29) is 6.61 Å². The summed E-state index contributed by atoms with van der Waals surface area (Å²) in [7, 11) is 0. The van der Waals surface area contributed by atoms with Crippen molar-refractivity contribution in [3.63, 3.8) is 0 Å². The summed E-state index contributed by atoms with van der Waals surface area (Å²) < 4.78 is 0. The molecule has 0 saturated heterocycles. The van der Waals surface area contributed by atoms with Crippen LogP contribution >= 0.6 is 0 Å². The average Bonchev–Trinajstić information content (AvgIpc) is 3.32. The number of aromatic nitrogens is 1. The highest BCUT2D eigenvalue weighted by atomic mass is 16.3. The number of aryl methyl sites for hydroxylation is 1. The maximum absolute atomic E-state index is 10.9. The second kappa shape index (κ2) is 7.73. The number of hydrogen-bond donors (Lipinski definition) is 3. The van der Waals surface area contributed by atoms with Gasteiger partial charge in [0.2, 0.25) is 0 Å². The summed E-state index contributed by atoms with van der Waals surface area (Å²) in [5, 5.41) is 20.6. The van der Waals surface area contributed by atoms with Crippen LogP contribution < -0.4 is 5.73 Å². The van der Waals surface area contributed by atoms with Gasteiger partial charge in [-0.15, -0.1) is 0 Å². The van der Waals surface area contributed by atoms with E-state index < -0.39 is 11.6 Å². The number of nitrogens with zero attached hydrogens (tertiary/aromatic N) is 1. The van der Waals surface area contributed by atoms with Crippen molar-refractivity contribution in [1.82, 2.24) is 4.98 Å². The van der Waals surface area contributed by atoms with Crippen molar-refractivity contribution in [3.8, 4) is 0 Å². The van der Waals surface area contributed by atoms with Gasteiger partial charge in [0, 0.05) is 24.4 Å². The van der Waals surface area contributed by atoms with Crippen LogP contribution in [0.15, 0.2) is 12.3 Å². The molecule has 1 aromatic rings. The molecular formula is C21H34N2O2. The minimum absolute atomic E-state index is 0.319. The summed E-state index contributed by atoms with van der Waals surface area (Å²) in [5.74, 6) is 2.00. The molecule has 0 amide bonds. The number of pyridine rings is 1. The van der Waals surface area contributed by atoms with Gasteiger partial charge in [-0.3, -0.25) is 4.98 Å². The maximum atomic E-state index is 10.9. The first kappa shape index (κ1) is 18.8. The highest BCUT2D eigenvalue weighted by Crippen LogP contribution is 2.41. The van der Waals surface area contributed by atoms with Crippen molar-refractivity contribution in [1.29, 1.82) is 0 Å². The first-order valence-electron chi connectivity index (χ1n) is 9.98. The molecule has 0 bridgehead atoms. The van der Waals surface area contributed by atoms with Gasteiger partial charge in [-0.1, -0.05) is 26.7 Å². The van der Waals surface area contributed by atoms with E-state index in [9.17, 15) is 10.2 Å². The van der Waals surface area contributed by atoms with Crippen LogP contribution in [0.3, 0.4) is 0 Å². The Balaban J connectivity index is 1.70. The number of hydrogen-bond acceptors (Lipinski definition) is 4. The fraction of sp³-hybridized carbons (Fsp3) is 0.762. The molecule has 1 saturated carbocycles. The molecule has 4 nitrogen and oxygen atoms in total. The standard InChI is InChI=1S/C21H34N2O2/c1-14(2)9-20(22)21(25,13-24)11-18-10-19-16(6-5-15-3-4-15)7-8-17(19)12-23-18/h10,12,14-16,20,24-25H,3-9,11,13,22H2,1-2H3/t16-,20?,21?/m0/s1. The van der Waals surface area contributed by atoms with E-state index in [0.29, 0.717) is 24.7 Å². The summed E-state index contributed by atoms with van der Waals surface area (Å²) >= 11 is 0. The van der Waals surface area contributed by atoms with Gasteiger partial charge in [0.05, 0.1) is 6.61 Å². The summed E-state index contributed by atoms with van der Waals surface area (Å²) in [4.78, 5) is 4.56. The number of nitrogens with two attached hydrogens (primary N) is 1. The lowest BCUT2D eigenvalue weighted by molar-refractivity contribution is -0.0396. The lowest BCUT2D eigenvalue weighted by atomic mass is 9.84. The molecule has 1 fully saturated rings. The second-order valence-corrected chi connectivity index (χ2v) is 8.81. The van der Waals surface area contributed by atoms with Crippen LogP contribution in [0.2, 0.25) is 0 Å². The molecule has 0 aromatic carbocycles. The summed E-state index contributed by atoms with van der Waals surface area (Å²) in [6, 6.07) is 1.72. The third-order valence-electron chi connectivity index (χ3n) is 6.08. The zero-order valence-electron chi connectivity index (χ0n) is 15.7. The van der Waals surface area contributed by atoms with E-state index in [1.54, 1.807) is 0 Å². The SMILES string of the molecule is CC(C)CC(N)C(O)(CO)Cc1cc2c(cn1)CC[C@@H]2CCC1CC1. The first-order valence-corrected chi connectivity index (χ1v) is 9.98. The van der Waals surface area contributed by atoms with Gasteiger partial charge in [0.25, 0.3) is 0 Å². The Morgan fingerprint density at radius 2 is 2.04 bits per heavy atom. The van der Waals surface area contributed by atoms with E-state index in [0.717, 1.165) is 18.0 Å². The third kappa shape index (κ3) is 4.60. The van der Waals surface area contributed by atoms with Crippen LogP contribution in [0.5, 0.6) is 0 Å². The van der Waals surface area contributed by atoms with Crippen LogP contribution in [0, 0.1) is 11.8 Å². The van der Waals surface area contributed by atoms with Crippen molar-refractivity contribution in [2.24, 2.45) is 17.6 Å². The van der Waals surface area contributed by atoms with Gasteiger partial charge in [-0.05, 0) is 67.1 Å². The molecule has 0 radical (unpaired) electrons. The van der Waals surface area contributed by atoms with Crippen molar-refractivity contribution in [2.45, 2.75) is 82.8 Å². The Hall–Kier alpha value is -0.970. The van der Waals surface area contributed by atoms with Crippen LogP contribution in [-0.4, -0.2) is 33.4 Å². The molecule has 4 heteroatoms. The third-order valence-corrected chi connectivity index (χ3v) is 6.08. The van der Waals surface area contributed by atoms with Gasteiger partial charge in [-0.2, -0.15) is 0 Å². The number of fused-ring (bicyclic) bond motifs is 1. The Labute approximate surface area is 151 Å². The van der Waals surface area contributed by atoms with Crippen molar-refractivity contribution < 1.29 is 10.2 Å². The Bertz CT molecular complexity index is 585. The van der Waals surface area contributed by atoms with Gasteiger partial charge in [0.1, 0.15) is 5.60 Å². The fourth-order valence-corrected chi connectivity index (χ4v) is 4.20. The van der Waals surface area contributed by atoms with Crippen LogP contribution in [0.1, 0.15) is 75.1 Å². The molecular weight excluding hydrogens is 312 g/mol. The maximum Gasteiger partial charge on any atom is 0.108 e. The average molecular weight is 347 g/mol. The van der Waals surface area contributed by atoms with Crippen molar-refractivity contribution in [3.05, 3.63) is 29.1 Å². The monoisotopic (exact) mass is 346 g/mol.